The Morgan fingerprint density at radius 2 is 1.87 bits per heavy atom. The topological polar surface area (TPSA) is 65.0 Å². The van der Waals surface area contributed by atoms with E-state index >= 15 is 0 Å². The third kappa shape index (κ3) is 1.77. The second-order valence-corrected chi connectivity index (χ2v) is 7.02. The maximum Gasteiger partial charge on any atom is 0.241 e. The molecular formula is C17H19BrO5. The summed E-state index contributed by atoms with van der Waals surface area (Å²) in [6.45, 7) is 3.61. The molecule has 0 saturated heterocycles. The molecule has 3 aliphatic rings. The normalized spacial score (nSPS) is 27.7. The number of phenolic OH excluding ortho intramolecular Hbond substituents is 1. The van der Waals surface area contributed by atoms with Crippen molar-refractivity contribution in [2.75, 3.05) is 21.3 Å². The van der Waals surface area contributed by atoms with Gasteiger partial charge in [0.1, 0.15) is 0 Å². The number of rotatable bonds is 3. The number of hydrogen-bond donors (Lipinski definition) is 1. The summed E-state index contributed by atoms with van der Waals surface area (Å²) >= 11 is 3.55. The van der Waals surface area contributed by atoms with E-state index in [0.717, 1.165) is 15.6 Å². The third-order valence-electron chi connectivity index (χ3n) is 5.01. The first-order chi connectivity index (χ1) is 10.8. The maximum atomic E-state index is 13.2. The smallest absolute Gasteiger partial charge is 0.241 e. The van der Waals surface area contributed by atoms with E-state index in [9.17, 15) is 9.90 Å². The molecule has 2 atom stereocenters. The van der Waals surface area contributed by atoms with Gasteiger partial charge in [0.15, 0.2) is 11.5 Å². The molecular weight excluding hydrogens is 364 g/mol. The molecule has 124 valence electrons. The van der Waals surface area contributed by atoms with Crippen LogP contribution in [0.4, 0.5) is 0 Å². The van der Waals surface area contributed by atoms with Crippen LogP contribution in [0.2, 0.25) is 0 Å². The molecule has 1 aromatic carbocycles. The Morgan fingerprint density at radius 3 is 2.39 bits per heavy atom. The molecule has 0 aliphatic heterocycles. The van der Waals surface area contributed by atoms with Crippen molar-refractivity contribution in [3.8, 4) is 11.5 Å². The molecule has 0 unspecified atom stereocenters. The lowest BCUT2D eigenvalue weighted by Gasteiger charge is -2.51. The second-order valence-electron chi connectivity index (χ2n) is 6.11. The molecule has 1 aromatic rings. The van der Waals surface area contributed by atoms with E-state index in [0.29, 0.717) is 11.3 Å². The number of phenols is 1. The van der Waals surface area contributed by atoms with Crippen molar-refractivity contribution in [2.45, 2.75) is 31.0 Å². The van der Waals surface area contributed by atoms with Crippen molar-refractivity contribution >= 4 is 21.7 Å². The van der Waals surface area contributed by atoms with E-state index < -0.39 is 17.1 Å². The van der Waals surface area contributed by atoms with Gasteiger partial charge in [-0.05, 0) is 25.0 Å². The van der Waals surface area contributed by atoms with Gasteiger partial charge in [-0.2, -0.15) is 0 Å². The summed E-state index contributed by atoms with van der Waals surface area (Å²) in [6, 6.07) is 1.84. The monoisotopic (exact) mass is 382 g/mol. The lowest BCUT2D eigenvalue weighted by Crippen LogP contribution is -2.61. The largest absolute Gasteiger partial charge is 0.504 e. The van der Waals surface area contributed by atoms with E-state index in [1.54, 1.807) is 6.92 Å². The van der Waals surface area contributed by atoms with E-state index in [1.165, 1.54) is 21.3 Å². The van der Waals surface area contributed by atoms with E-state index in [1.807, 2.05) is 19.1 Å². The number of aromatic hydroxyl groups is 1. The van der Waals surface area contributed by atoms with Crippen molar-refractivity contribution in [2.24, 2.45) is 0 Å². The third-order valence-corrected chi connectivity index (χ3v) is 5.70. The molecule has 0 heterocycles. The fourth-order valence-electron chi connectivity index (χ4n) is 3.85. The number of Topliss-reactive ketones (excluding diaryl/α,β-unsaturated/α-hetero) is 1. The van der Waals surface area contributed by atoms with Crippen molar-refractivity contribution in [1.29, 1.82) is 0 Å². The molecule has 3 aliphatic carbocycles. The van der Waals surface area contributed by atoms with Crippen LogP contribution >= 0.6 is 15.9 Å². The van der Waals surface area contributed by atoms with E-state index in [-0.39, 0.29) is 11.5 Å². The first kappa shape index (κ1) is 16.5. The van der Waals surface area contributed by atoms with Crippen LogP contribution in [0.3, 0.4) is 0 Å². The zero-order valence-electron chi connectivity index (χ0n) is 13.7. The number of ketones is 1. The number of carbonyl (C=O) groups is 1. The summed E-state index contributed by atoms with van der Waals surface area (Å²) in [5.74, 6) is -1.74. The molecule has 23 heavy (non-hydrogen) atoms. The highest BCUT2D eigenvalue weighted by Crippen LogP contribution is 2.61. The first-order valence-electron chi connectivity index (χ1n) is 7.22. The van der Waals surface area contributed by atoms with Crippen LogP contribution in [0.1, 0.15) is 29.5 Å². The molecule has 0 fully saturated rings. The highest BCUT2D eigenvalue weighted by Gasteiger charge is 2.64. The number of ether oxygens (including phenoxy) is 3. The summed E-state index contributed by atoms with van der Waals surface area (Å²) < 4.78 is 17.4. The van der Waals surface area contributed by atoms with Crippen molar-refractivity contribution < 1.29 is 24.1 Å². The van der Waals surface area contributed by atoms with E-state index in [2.05, 4.69) is 15.9 Å². The fourth-order valence-corrected chi connectivity index (χ4v) is 4.83. The van der Waals surface area contributed by atoms with Crippen LogP contribution in [0.5, 0.6) is 11.5 Å². The number of methoxy groups -OCH3 is 3. The molecule has 4 rings (SSSR count). The predicted octanol–water partition coefficient (Wildman–Crippen LogP) is 2.91. The van der Waals surface area contributed by atoms with Crippen LogP contribution < -0.4 is 4.74 Å². The molecule has 0 aromatic heterocycles. The molecule has 0 spiro atoms. The Labute approximate surface area is 143 Å². The Balaban J connectivity index is 2.46. The van der Waals surface area contributed by atoms with Gasteiger partial charge < -0.3 is 19.3 Å². The maximum absolute atomic E-state index is 13.2. The van der Waals surface area contributed by atoms with Crippen LogP contribution in [-0.2, 0) is 19.7 Å². The summed E-state index contributed by atoms with van der Waals surface area (Å²) in [5, 5.41) is 10.4. The van der Waals surface area contributed by atoms with Crippen molar-refractivity contribution in [1.82, 2.24) is 0 Å². The molecule has 2 bridgehead atoms. The van der Waals surface area contributed by atoms with Gasteiger partial charge >= 0.3 is 0 Å². The molecule has 0 saturated carbocycles. The summed E-state index contributed by atoms with van der Waals surface area (Å²) in [7, 11) is 4.40. The quantitative estimate of drug-likeness (QED) is 0.814. The van der Waals surface area contributed by atoms with Crippen LogP contribution in [-0.4, -0.2) is 38.0 Å². The number of halogens is 1. The minimum absolute atomic E-state index is 0.0660. The zero-order valence-corrected chi connectivity index (χ0v) is 15.3. The second kappa shape index (κ2) is 5.06. The van der Waals surface area contributed by atoms with Gasteiger partial charge in [-0.1, -0.05) is 28.1 Å². The zero-order chi connectivity index (χ0) is 17.2. The number of aryl methyl sites for hydroxylation is 1. The molecule has 0 amide bonds. The van der Waals surface area contributed by atoms with Gasteiger partial charge in [0.05, 0.1) is 18.4 Å². The van der Waals surface area contributed by atoms with Gasteiger partial charge in [0.25, 0.3) is 0 Å². The first-order valence-corrected chi connectivity index (χ1v) is 8.02. The van der Waals surface area contributed by atoms with E-state index in [4.69, 9.17) is 14.2 Å². The fraction of sp³-hybridized carbons (Fsp3) is 0.471. The van der Waals surface area contributed by atoms with Gasteiger partial charge in [0.2, 0.25) is 11.6 Å². The SMILES string of the molecule is COc1c(O)c(C)cc2c1[C@H]1C(Br)=C[C@]2(C)C(=O)C1(OC)OC. The Kier molecular flexibility index (Phi) is 3.63. The number of fused-ring (bicyclic) bond motifs is 1. The standard InChI is InChI=1S/C17H19BrO5/c1-8-6-9-11(14(21-3)13(8)19)12-10(18)7-16(9,2)15(20)17(12,22-4)23-5/h6-7,12,19H,1-5H3/t12-,16+/m1/s1. The van der Waals surface area contributed by atoms with Crippen LogP contribution in [0, 0.1) is 6.92 Å². The molecule has 1 N–H and O–H groups in total. The summed E-state index contributed by atoms with van der Waals surface area (Å²) in [6.07, 6.45) is 1.88. The van der Waals surface area contributed by atoms with Crippen molar-refractivity contribution in [3.05, 3.63) is 33.3 Å². The molecule has 5 nitrogen and oxygen atoms in total. The van der Waals surface area contributed by atoms with Crippen LogP contribution in [0.25, 0.3) is 0 Å². The number of carbonyl (C=O) groups excluding carboxylic acids is 1. The van der Waals surface area contributed by atoms with Gasteiger partial charge in [-0.15, -0.1) is 0 Å². The lowest BCUT2D eigenvalue weighted by molar-refractivity contribution is -0.221. The van der Waals surface area contributed by atoms with Gasteiger partial charge in [-0.3, -0.25) is 4.79 Å². The average Bonchev–Trinajstić information content (AvgIpc) is 2.52. The Bertz CT molecular complexity index is 735. The Morgan fingerprint density at radius 1 is 1.26 bits per heavy atom. The lowest BCUT2D eigenvalue weighted by atomic mass is 9.58. The van der Waals surface area contributed by atoms with Crippen molar-refractivity contribution in [3.63, 3.8) is 0 Å². The molecule has 0 radical (unpaired) electrons. The molecule has 6 heteroatoms. The summed E-state index contributed by atoms with van der Waals surface area (Å²) in [5.41, 5.74) is 1.26. The average molecular weight is 383 g/mol. The predicted molar refractivity (Wildman–Crippen MR) is 88.3 cm³/mol. The van der Waals surface area contributed by atoms with Crippen LogP contribution in [0.15, 0.2) is 16.6 Å². The number of benzene rings is 1. The number of allylic oxidation sites excluding steroid dienone is 1. The van der Waals surface area contributed by atoms with Gasteiger partial charge in [-0.25, -0.2) is 0 Å². The summed E-state index contributed by atoms with van der Waals surface area (Å²) in [4.78, 5) is 13.2. The highest BCUT2D eigenvalue weighted by atomic mass is 79.9. The van der Waals surface area contributed by atoms with Gasteiger partial charge in [0, 0.05) is 24.3 Å². The highest BCUT2D eigenvalue weighted by molar-refractivity contribution is 9.11. The Hall–Kier alpha value is -1.37. The minimum atomic E-state index is -1.45. The minimum Gasteiger partial charge on any atom is -0.504 e. The number of hydrogen-bond acceptors (Lipinski definition) is 5.